The molecule has 1 N–H and O–H groups in total. The molecule has 0 amide bonds. The van der Waals surface area contributed by atoms with Crippen LogP contribution >= 0.6 is 0 Å². The molecule has 0 unspecified atom stereocenters. The number of nitriles is 1. The first-order chi connectivity index (χ1) is 11.0. The van der Waals surface area contributed by atoms with Crippen LogP contribution in [0.15, 0.2) is 23.1 Å². The van der Waals surface area contributed by atoms with Gasteiger partial charge in [0.15, 0.2) is 0 Å². The van der Waals surface area contributed by atoms with E-state index < -0.39 is 15.8 Å². The second kappa shape index (κ2) is 7.86. The smallest absolute Gasteiger partial charge is 0.240 e. The Morgan fingerprint density at radius 1 is 1.39 bits per heavy atom. The number of hydrogen-bond donors (Lipinski definition) is 1. The lowest BCUT2D eigenvalue weighted by atomic mass is 9.97. The number of benzene rings is 1. The maximum absolute atomic E-state index is 13.3. The van der Waals surface area contributed by atoms with E-state index in [1.807, 2.05) is 0 Å². The minimum absolute atomic E-state index is 0.0705. The minimum Gasteiger partial charge on any atom is -0.303 e. The van der Waals surface area contributed by atoms with Gasteiger partial charge in [-0.15, -0.1) is 0 Å². The molecule has 1 aliphatic rings. The van der Waals surface area contributed by atoms with E-state index in [0.717, 1.165) is 51.0 Å². The van der Waals surface area contributed by atoms with Crippen LogP contribution in [0.3, 0.4) is 0 Å². The van der Waals surface area contributed by atoms with Gasteiger partial charge in [-0.1, -0.05) is 6.92 Å². The van der Waals surface area contributed by atoms with E-state index in [9.17, 15) is 12.8 Å². The Morgan fingerprint density at radius 3 is 2.70 bits per heavy atom. The van der Waals surface area contributed by atoms with Gasteiger partial charge < -0.3 is 4.90 Å². The number of halogens is 1. The zero-order chi connectivity index (χ0) is 16.9. The van der Waals surface area contributed by atoms with Gasteiger partial charge in [0, 0.05) is 6.54 Å². The lowest BCUT2D eigenvalue weighted by molar-refractivity contribution is 0.186. The van der Waals surface area contributed by atoms with Crippen molar-refractivity contribution in [3.8, 4) is 6.07 Å². The molecule has 7 heteroatoms. The second-order valence-electron chi connectivity index (χ2n) is 5.89. The zero-order valence-corrected chi connectivity index (χ0v) is 14.1. The molecule has 1 heterocycles. The van der Waals surface area contributed by atoms with Gasteiger partial charge in [0.25, 0.3) is 0 Å². The van der Waals surface area contributed by atoms with Gasteiger partial charge in [0.2, 0.25) is 10.0 Å². The minimum atomic E-state index is -3.71. The number of sulfonamides is 1. The van der Waals surface area contributed by atoms with Crippen molar-refractivity contribution in [2.24, 2.45) is 5.92 Å². The van der Waals surface area contributed by atoms with Crippen LogP contribution in [0.5, 0.6) is 0 Å². The molecule has 1 aromatic rings. The lowest BCUT2D eigenvalue weighted by Gasteiger charge is -2.31. The van der Waals surface area contributed by atoms with E-state index in [1.165, 1.54) is 6.07 Å². The first kappa shape index (κ1) is 17.9. The molecule has 1 saturated heterocycles. The monoisotopic (exact) mass is 339 g/mol. The van der Waals surface area contributed by atoms with Crippen LogP contribution < -0.4 is 4.72 Å². The van der Waals surface area contributed by atoms with Crippen molar-refractivity contribution >= 4 is 10.0 Å². The summed E-state index contributed by atoms with van der Waals surface area (Å²) in [6, 6.07) is 4.92. The first-order valence-electron chi connectivity index (χ1n) is 7.88. The highest BCUT2D eigenvalue weighted by Gasteiger charge is 2.22. The highest BCUT2D eigenvalue weighted by molar-refractivity contribution is 7.89. The third kappa shape index (κ3) is 4.74. The van der Waals surface area contributed by atoms with Gasteiger partial charge in [-0.05, 0) is 63.0 Å². The average Bonchev–Trinajstić information content (AvgIpc) is 2.55. The largest absolute Gasteiger partial charge is 0.303 e. The van der Waals surface area contributed by atoms with E-state index in [4.69, 9.17) is 5.26 Å². The van der Waals surface area contributed by atoms with Gasteiger partial charge in [-0.3, -0.25) is 0 Å². The van der Waals surface area contributed by atoms with Gasteiger partial charge in [-0.25, -0.2) is 17.5 Å². The van der Waals surface area contributed by atoms with E-state index in [1.54, 1.807) is 6.07 Å². The molecular weight excluding hydrogens is 317 g/mol. The third-order valence-corrected chi connectivity index (χ3v) is 5.60. The molecule has 2 rings (SSSR count). The van der Waals surface area contributed by atoms with Crippen LogP contribution in [-0.2, 0) is 10.0 Å². The van der Waals surface area contributed by atoms with Crippen molar-refractivity contribution in [3.63, 3.8) is 0 Å². The van der Waals surface area contributed by atoms with Crippen molar-refractivity contribution in [2.45, 2.75) is 31.1 Å². The Bertz CT molecular complexity index is 677. The molecule has 0 saturated carbocycles. The molecular formula is C16H22FN3O2S. The quantitative estimate of drug-likeness (QED) is 0.861. The Labute approximate surface area is 137 Å². The summed E-state index contributed by atoms with van der Waals surface area (Å²) >= 11 is 0. The molecule has 0 radical (unpaired) electrons. The fourth-order valence-corrected chi connectivity index (χ4v) is 3.94. The summed E-state index contributed by atoms with van der Waals surface area (Å²) in [6.45, 7) is 5.61. The van der Waals surface area contributed by atoms with Crippen molar-refractivity contribution in [1.82, 2.24) is 9.62 Å². The van der Waals surface area contributed by atoms with Gasteiger partial charge in [0.1, 0.15) is 11.9 Å². The number of nitrogens with one attached hydrogen (secondary N) is 1. The Balaban J connectivity index is 1.94. The van der Waals surface area contributed by atoms with Gasteiger partial charge in [0.05, 0.1) is 10.5 Å². The van der Waals surface area contributed by atoms with Crippen molar-refractivity contribution in [3.05, 3.63) is 29.6 Å². The number of nitrogens with zero attached hydrogens (tertiary/aromatic N) is 2. The highest BCUT2D eigenvalue weighted by Crippen LogP contribution is 2.18. The van der Waals surface area contributed by atoms with Crippen molar-refractivity contribution < 1.29 is 12.8 Å². The van der Waals surface area contributed by atoms with Crippen molar-refractivity contribution in [1.29, 1.82) is 5.26 Å². The standard InChI is InChI=1S/C16H22FN3O2S/c1-2-7-20-8-5-13(6-9-20)12-19-23(21,22)15-3-4-16(17)14(10-15)11-18/h3-4,10,13,19H,2,5-9,12H2,1H3. The van der Waals surface area contributed by atoms with E-state index in [0.29, 0.717) is 12.5 Å². The Morgan fingerprint density at radius 2 is 2.09 bits per heavy atom. The molecule has 0 atom stereocenters. The second-order valence-corrected chi connectivity index (χ2v) is 7.66. The van der Waals surface area contributed by atoms with Crippen LogP contribution in [-0.4, -0.2) is 39.5 Å². The highest BCUT2D eigenvalue weighted by atomic mass is 32.2. The summed E-state index contributed by atoms with van der Waals surface area (Å²) in [5, 5.41) is 8.80. The molecule has 0 spiro atoms. The summed E-state index contributed by atoms with van der Waals surface area (Å²) in [5.41, 5.74) is -0.263. The molecule has 126 valence electrons. The number of rotatable bonds is 6. The average molecular weight is 339 g/mol. The summed E-state index contributed by atoms with van der Waals surface area (Å²) in [4.78, 5) is 2.32. The van der Waals surface area contributed by atoms with Crippen LogP contribution in [0.1, 0.15) is 31.7 Å². The normalized spacial score (nSPS) is 17.1. The predicted octanol–water partition coefficient (Wildman–Crippen LogP) is 2.10. The molecule has 23 heavy (non-hydrogen) atoms. The summed E-state index contributed by atoms with van der Waals surface area (Å²) in [7, 11) is -3.71. The summed E-state index contributed by atoms with van der Waals surface area (Å²) in [6.07, 6.45) is 3.06. The molecule has 1 aromatic carbocycles. The number of likely N-dealkylation sites (tertiary alicyclic amines) is 1. The van der Waals surface area contributed by atoms with Crippen LogP contribution in [0.2, 0.25) is 0 Å². The van der Waals surface area contributed by atoms with Crippen LogP contribution in [0.25, 0.3) is 0 Å². The Hall–Kier alpha value is -1.49. The molecule has 1 fully saturated rings. The lowest BCUT2D eigenvalue weighted by Crippen LogP contribution is -2.38. The molecule has 5 nitrogen and oxygen atoms in total. The van der Waals surface area contributed by atoms with Gasteiger partial charge >= 0.3 is 0 Å². The van der Waals surface area contributed by atoms with E-state index in [2.05, 4.69) is 16.5 Å². The Kier molecular flexibility index (Phi) is 6.10. The van der Waals surface area contributed by atoms with Crippen molar-refractivity contribution in [2.75, 3.05) is 26.2 Å². The van der Waals surface area contributed by atoms with Crippen LogP contribution in [0, 0.1) is 23.1 Å². The third-order valence-electron chi connectivity index (χ3n) is 4.18. The molecule has 0 aliphatic carbocycles. The number of piperidine rings is 1. The van der Waals surface area contributed by atoms with Gasteiger partial charge in [-0.2, -0.15) is 5.26 Å². The zero-order valence-electron chi connectivity index (χ0n) is 13.3. The molecule has 0 bridgehead atoms. The topological polar surface area (TPSA) is 73.2 Å². The summed E-state index contributed by atoms with van der Waals surface area (Å²) < 4.78 is 40.4. The SMILES string of the molecule is CCCN1CCC(CNS(=O)(=O)c2ccc(F)c(C#N)c2)CC1. The van der Waals surface area contributed by atoms with E-state index in [-0.39, 0.29) is 10.5 Å². The fraction of sp³-hybridized carbons (Fsp3) is 0.562. The fourth-order valence-electron chi connectivity index (χ4n) is 2.80. The predicted molar refractivity (Wildman–Crippen MR) is 85.8 cm³/mol. The maximum atomic E-state index is 13.3. The first-order valence-corrected chi connectivity index (χ1v) is 9.36. The number of hydrogen-bond acceptors (Lipinski definition) is 4. The van der Waals surface area contributed by atoms with Crippen LogP contribution in [0.4, 0.5) is 4.39 Å². The maximum Gasteiger partial charge on any atom is 0.240 e. The molecule has 0 aromatic heterocycles. The summed E-state index contributed by atoms with van der Waals surface area (Å²) in [5.74, 6) is -0.400. The van der Waals surface area contributed by atoms with E-state index >= 15 is 0 Å². The molecule has 1 aliphatic heterocycles.